The topological polar surface area (TPSA) is 101 Å². The molecule has 0 aromatic heterocycles. The van der Waals surface area contributed by atoms with Crippen LogP contribution in [0.15, 0.2) is 10.5 Å². The van der Waals surface area contributed by atoms with E-state index in [1.807, 2.05) is 0 Å². The van der Waals surface area contributed by atoms with E-state index in [1.165, 1.54) is 11.9 Å². The predicted molar refractivity (Wildman–Crippen MR) is 70.4 cm³/mol. The Morgan fingerprint density at radius 1 is 1.25 bits per heavy atom. The zero-order valence-corrected chi connectivity index (χ0v) is 12.8. The molecule has 0 aliphatic carbocycles. The Morgan fingerprint density at radius 2 is 1.80 bits per heavy atom. The number of carboxylic acids is 1. The number of ether oxygens (including phenoxy) is 1. The second-order valence-electron chi connectivity index (χ2n) is 5.56. The van der Waals surface area contributed by atoms with E-state index in [0.717, 1.165) is 0 Å². The highest BCUT2D eigenvalue weighted by atomic mass is 16.8. The minimum atomic E-state index is -1.03. The van der Waals surface area contributed by atoms with Crippen molar-refractivity contribution >= 4 is 11.9 Å². The zero-order valence-electron chi connectivity index (χ0n) is 12.8. The standard InChI is InChI=1S/C12H23N3O5/c1-8(2)11(18)19-9(3)20-14-13-15(7-10(16)17)12(4,5)6/h8-9H,7H2,1-6H3,(H,16,17)/b14-13-. The molecule has 0 aromatic carbocycles. The lowest BCUT2D eigenvalue weighted by Crippen LogP contribution is -2.40. The van der Waals surface area contributed by atoms with Crippen LogP contribution in [0.3, 0.4) is 0 Å². The zero-order chi connectivity index (χ0) is 15.9. The summed E-state index contributed by atoms with van der Waals surface area (Å²) in [6, 6.07) is 0. The average molecular weight is 289 g/mol. The monoisotopic (exact) mass is 289 g/mol. The molecule has 0 aromatic rings. The van der Waals surface area contributed by atoms with Crippen molar-refractivity contribution in [3.05, 3.63) is 0 Å². The van der Waals surface area contributed by atoms with E-state index in [4.69, 9.17) is 14.7 Å². The Kier molecular flexibility index (Phi) is 6.95. The van der Waals surface area contributed by atoms with Crippen LogP contribution in [0.2, 0.25) is 0 Å². The SMILES string of the molecule is CC(O/N=N\N(CC(=O)O)C(C)(C)C)OC(=O)C(C)C. The minimum Gasteiger partial charge on any atom is -0.480 e. The third kappa shape index (κ3) is 7.55. The quantitative estimate of drug-likeness (QED) is 0.333. The summed E-state index contributed by atoms with van der Waals surface area (Å²) in [5.41, 5.74) is -0.525. The fraction of sp³-hybridized carbons (Fsp3) is 0.833. The van der Waals surface area contributed by atoms with Gasteiger partial charge in [0.05, 0.1) is 11.5 Å². The van der Waals surface area contributed by atoms with Crippen LogP contribution in [0.4, 0.5) is 0 Å². The number of esters is 1. The molecular weight excluding hydrogens is 266 g/mol. The number of aliphatic carboxylic acids is 1. The molecule has 1 unspecified atom stereocenters. The van der Waals surface area contributed by atoms with E-state index in [-0.39, 0.29) is 12.5 Å². The van der Waals surface area contributed by atoms with Gasteiger partial charge < -0.3 is 14.7 Å². The maximum atomic E-state index is 11.3. The smallest absolute Gasteiger partial charge is 0.324 e. The highest BCUT2D eigenvalue weighted by Crippen LogP contribution is 2.14. The lowest BCUT2D eigenvalue weighted by atomic mass is 10.1. The Hall–Kier alpha value is -1.86. The van der Waals surface area contributed by atoms with Crippen molar-refractivity contribution in [1.29, 1.82) is 0 Å². The number of nitrogens with zero attached hydrogens (tertiary/aromatic N) is 3. The fourth-order valence-electron chi connectivity index (χ4n) is 0.984. The van der Waals surface area contributed by atoms with E-state index in [0.29, 0.717) is 0 Å². The fourth-order valence-corrected chi connectivity index (χ4v) is 0.984. The second kappa shape index (κ2) is 7.66. The third-order valence-electron chi connectivity index (χ3n) is 2.15. The second-order valence-corrected chi connectivity index (χ2v) is 5.56. The number of hydrogen-bond donors (Lipinski definition) is 1. The molecule has 0 aliphatic rings. The van der Waals surface area contributed by atoms with Crippen LogP contribution in [0.25, 0.3) is 0 Å². The Labute approximate surface area is 118 Å². The van der Waals surface area contributed by atoms with Crippen molar-refractivity contribution in [2.45, 2.75) is 53.4 Å². The highest BCUT2D eigenvalue weighted by molar-refractivity contribution is 5.71. The molecule has 0 aliphatic heterocycles. The third-order valence-corrected chi connectivity index (χ3v) is 2.15. The maximum Gasteiger partial charge on any atom is 0.324 e. The summed E-state index contributed by atoms with van der Waals surface area (Å²) >= 11 is 0. The van der Waals surface area contributed by atoms with Crippen LogP contribution in [0, 0.1) is 5.92 Å². The van der Waals surface area contributed by atoms with Crippen molar-refractivity contribution in [1.82, 2.24) is 5.01 Å². The molecule has 0 spiro atoms. The minimum absolute atomic E-state index is 0.268. The molecule has 0 saturated carbocycles. The van der Waals surface area contributed by atoms with Crippen LogP contribution in [-0.4, -0.2) is 40.4 Å². The summed E-state index contributed by atoms with van der Waals surface area (Å²) in [5, 5.41) is 17.1. The van der Waals surface area contributed by atoms with Gasteiger partial charge in [-0.2, -0.15) is 0 Å². The Balaban J connectivity index is 4.44. The lowest BCUT2D eigenvalue weighted by Gasteiger charge is -2.29. The lowest BCUT2D eigenvalue weighted by molar-refractivity contribution is -0.181. The Bertz CT molecular complexity index is 363. The van der Waals surface area contributed by atoms with Crippen molar-refractivity contribution < 1.29 is 24.3 Å². The van der Waals surface area contributed by atoms with E-state index < -0.39 is 23.8 Å². The normalized spacial score (nSPS) is 13.3. The molecule has 0 bridgehead atoms. The van der Waals surface area contributed by atoms with Crippen molar-refractivity contribution in [3.8, 4) is 0 Å². The first-order chi connectivity index (χ1) is 9.04. The predicted octanol–water partition coefficient (Wildman–Crippen LogP) is 2.02. The molecule has 8 nitrogen and oxygen atoms in total. The summed E-state index contributed by atoms with van der Waals surface area (Å²) in [4.78, 5) is 26.9. The summed E-state index contributed by atoms with van der Waals surface area (Å²) in [5.74, 6) is -1.71. The van der Waals surface area contributed by atoms with Gasteiger partial charge in [-0.1, -0.05) is 13.8 Å². The molecule has 1 N–H and O–H groups in total. The molecular formula is C12H23N3O5. The van der Waals surface area contributed by atoms with Crippen LogP contribution >= 0.6 is 0 Å². The molecule has 116 valence electrons. The maximum absolute atomic E-state index is 11.3. The van der Waals surface area contributed by atoms with Crippen molar-refractivity contribution in [3.63, 3.8) is 0 Å². The van der Waals surface area contributed by atoms with Gasteiger partial charge in [-0.15, -0.1) is 0 Å². The molecule has 0 saturated heterocycles. The van der Waals surface area contributed by atoms with Crippen LogP contribution in [0.5, 0.6) is 0 Å². The average Bonchev–Trinajstić information content (AvgIpc) is 2.25. The van der Waals surface area contributed by atoms with Gasteiger partial charge in [-0.3, -0.25) is 14.6 Å². The van der Waals surface area contributed by atoms with Gasteiger partial charge in [0.25, 0.3) is 6.29 Å². The van der Waals surface area contributed by atoms with Gasteiger partial charge in [0.2, 0.25) is 0 Å². The number of carbonyl (C=O) groups is 2. The van der Waals surface area contributed by atoms with E-state index in [1.54, 1.807) is 34.6 Å². The van der Waals surface area contributed by atoms with Gasteiger partial charge in [0.1, 0.15) is 6.54 Å². The molecule has 1 atom stereocenters. The molecule has 0 radical (unpaired) electrons. The number of carboxylic acid groups (broad SMARTS) is 1. The largest absolute Gasteiger partial charge is 0.480 e. The van der Waals surface area contributed by atoms with Crippen LogP contribution in [-0.2, 0) is 19.2 Å². The molecule has 0 fully saturated rings. The highest BCUT2D eigenvalue weighted by Gasteiger charge is 2.23. The summed E-state index contributed by atoms with van der Waals surface area (Å²) in [6.07, 6.45) is -0.889. The van der Waals surface area contributed by atoms with Gasteiger partial charge in [0, 0.05) is 12.2 Å². The number of carbonyl (C=O) groups excluding carboxylic acids is 1. The first-order valence-electron chi connectivity index (χ1n) is 6.30. The molecule has 0 amide bonds. The summed E-state index contributed by atoms with van der Waals surface area (Å²) < 4.78 is 4.91. The van der Waals surface area contributed by atoms with Gasteiger partial charge in [-0.25, -0.2) is 0 Å². The Morgan fingerprint density at radius 3 is 2.20 bits per heavy atom. The van der Waals surface area contributed by atoms with Crippen molar-refractivity contribution in [2.24, 2.45) is 16.4 Å². The first-order valence-corrected chi connectivity index (χ1v) is 6.30. The molecule has 20 heavy (non-hydrogen) atoms. The molecule has 0 rings (SSSR count). The summed E-state index contributed by atoms with van der Waals surface area (Å²) in [6.45, 7) is 9.95. The van der Waals surface area contributed by atoms with E-state index in [2.05, 4.69) is 10.5 Å². The summed E-state index contributed by atoms with van der Waals surface area (Å²) in [7, 11) is 0. The van der Waals surface area contributed by atoms with Gasteiger partial charge in [-0.05, 0) is 26.0 Å². The van der Waals surface area contributed by atoms with E-state index >= 15 is 0 Å². The first kappa shape index (κ1) is 18.1. The van der Waals surface area contributed by atoms with Gasteiger partial charge in [0.15, 0.2) is 0 Å². The number of rotatable bonds is 7. The molecule has 8 heteroatoms. The van der Waals surface area contributed by atoms with Gasteiger partial charge >= 0.3 is 11.9 Å². The molecule has 0 heterocycles. The number of hydrogen-bond acceptors (Lipinski definition) is 6. The van der Waals surface area contributed by atoms with Crippen molar-refractivity contribution in [2.75, 3.05) is 6.54 Å². The van der Waals surface area contributed by atoms with Crippen LogP contribution < -0.4 is 0 Å². The van der Waals surface area contributed by atoms with Crippen LogP contribution in [0.1, 0.15) is 41.5 Å². The van der Waals surface area contributed by atoms with E-state index in [9.17, 15) is 9.59 Å².